The third-order valence-corrected chi connectivity index (χ3v) is 4.22. The maximum absolute atomic E-state index is 11.8. The first-order valence-corrected chi connectivity index (χ1v) is 5.89. The molecule has 4 aliphatic rings. The summed E-state index contributed by atoms with van der Waals surface area (Å²) in [6, 6.07) is 0. The van der Waals surface area contributed by atoms with Crippen molar-refractivity contribution in [3.8, 4) is 0 Å². The molecule has 4 aliphatic heterocycles. The van der Waals surface area contributed by atoms with E-state index in [2.05, 4.69) is 0 Å². The third kappa shape index (κ3) is 1.06. The van der Waals surface area contributed by atoms with E-state index < -0.39 is 35.7 Å². The quantitative estimate of drug-likeness (QED) is 0.459. The van der Waals surface area contributed by atoms with Crippen LogP contribution in [-0.4, -0.2) is 43.1 Å². The Labute approximate surface area is 97.1 Å². The topological polar surface area (TPSA) is 71.1 Å². The van der Waals surface area contributed by atoms with Crippen molar-refractivity contribution < 1.29 is 28.5 Å². The van der Waals surface area contributed by atoms with Gasteiger partial charge in [0.05, 0.1) is 25.2 Å². The van der Waals surface area contributed by atoms with Gasteiger partial charge in [-0.1, -0.05) is 0 Å². The fourth-order valence-electron chi connectivity index (χ4n) is 3.59. The van der Waals surface area contributed by atoms with Crippen LogP contribution in [0.2, 0.25) is 0 Å². The molecule has 4 unspecified atom stereocenters. The zero-order valence-corrected chi connectivity index (χ0v) is 9.09. The molecular formula is C11H12O6. The van der Waals surface area contributed by atoms with Gasteiger partial charge in [0.2, 0.25) is 0 Å². The van der Waals surface area contributed by atoms with E-state index in [0.717, 1.165) is 6.42 Å². The number of hydrogen-bond acceptors (Lipinski definition) is 6. The van der Waals surface area contributed by atoms with Gasteiger partial charge in [-0.15, -0.1) is 0 Å². The maximum Gasteiger partial charge on any atom is 0.320 e. The monoisotopic (exact) mass is 240 g/mol. The predicted molar refractivity (Wildman–Crippen MR) is 50.6 cm³/mol. The first-order valence-electron chi connectivity index (χ1n) is 5.89. The number of rotatable bonds is 1. The van der Waals surface area contributed by atoms with Crippen LogP contribution in [0.4, 0.5) is 0 Å². The summed E-state index contributed by atoms with van der Waals surface area (Å²) >= 11 is 0. The van der Waals surface area contributed by atoms with Gasteiger partial charge in [0, 0.05) is 0 Å². The van der Waals surface area contributed by atoms with Gasteiger partial charge in [-0.3, -0.25) is 9.59 Å². The lowest BCUT2D eigenvalue weighted by atomic mass is 9.72. The lowest BCUT2D eigenvalue weighted by molar-refractivity contribution is -0.199. The van der Waals surface area contributed by atoms with Crippen molar-refractivity contribution in [2.75, 3.05) is 13.2 Å². The third-order valence-electron chi connectivity index (χ3n) is 4.22. The minimum absolute atomic E-state index is 0.216. The van der Waals surface area contributed by atoms with Crippen LogP contribution in [0.25, 0.3) is 0 Å². The van der Waals surface area contributed by atoms with Crippen molar-refractivity contribution in [2.45, 2.75) is 30.8 Å². The Hall–Kier alpha value is -0.980. The molecule has 0 spiro atoms. The lowest BCUT2D eigenvalue weighted by Gasteiger charge is -2.33. The number of hydrogen-bond donors (Lipinski definition) is 0. The van der Waals surface area contributed by atoms with E-state index in [4.69, 9.17) is 18.9 Å². The fraction of sp³-hybridized carbons (Fsp3) is 0.818. The highest BCUT2D eigenvalue weighted by molar-refractivity contribution is 5.98. The molecule has 6 nitrogen and oxygen atoms in total. The summed E-state index contributed by atoms with van der Waals surface area (Å²) in [5.41, 5.74) is -0.797. The van der Waals surface area contributed by atoms with Crippen LogP contribution in [-0.2, 0) is 28.5 Å². The van der Waals surface area contributed by atoms with Gasteiger partial charge in [-0.05, 0) is 12.8 Å². The molecule has 4 rings (SSSR count). The number of cyclic esters (lactones) is 2. The number of fused-ring (bicyclic) bond motifs is 5. The first kappa shape index (κ1) is 9.99. The van der Waals surface area contributed by atoms with Crippen molar-refractivity contribution in [3.63, 3.8) is 0 Å². The Bertz CT molecular complexity index is 401. The van der Waals surface area contributed by atoms with Crippen LogP contribution in [0.3, 0.4) is 0 Å². The zero-order valence-electron chi connectivity index (χ0n) is 9.09. The number of ether oxygens (including phenoxy) is 4. The summed E-state index contributed by atoms with van der Waals surface area (Å²) < 4.78 is 21.6. The highest BCUT2D eigenvalue weighted by Gasteiger charge is 2.72. The minimum Gasteiger partial charge on any atom is -0.393 e. The molecule has 0 aromatic carbocycles. The molecule has 17 heavy (non-hydrogen) atoms. The Morgan fingerprint density at radius 2 is 1.88 bits per heavy atom. The molecule has 0 aromatic heterocycles. The van der Waals surface area contributed by atoms with E-state index in [1.54, 1.807) is 0 Å². The van der Waals surface area contributed by atoms with Crippen LogP contribution in [0.15, 0.2) is 0 Å². The Morgan fingerprint density at radius 3 is 2.65 bits per heavy atom. The molecule has 4 fully saturated rings. The van der Waals surface area contributed by atoms with Crippen molar-refractivity contribution in [2.24, 2.45) is 11.8 Å². The van der Waals surface area contributed by atoms with E-state index in [9.17, 15) is 9.59 Å². The molecule has 0 aromatic rings. The molecule has 6 heteroatoms. The summed E-state index contributed by atoms with van der Waals surface area (Å²) in [5, 5.41) is 0. The second-order valence-corrected chi connectivity index (χ2v) is 4.97. The summed E-state index contributed by atoms with van der Waals surface area (Å²) in [7, 11) is 0. The standard InChI is InChI=1S/C11H12O6/c12-8-6-5-1-2-11(17-5,7(6)9(13)16-8)10-14-3-4-15-10/h5-7,10H,1-4H2. The summed E-state index contributed by atoms with van der Waals surface area (Å²) in [6.07, 6.45) is 0.686. The second kappa shape index (κ2) is 3.07. The molecule has 0 N–H and O–H groups in total. The largest absolute Gasteiger partial charge is 0.393 e. The van der Waals surface area contributed by atoms with Crippen molar-refractivity contribution in [1.29, 1.82) is 0 Å². The first-order chi connectivity index (χ1) is 8.22. The molecule has 92 valence electrons. The molecular weight excluding hydrogens is 228 g/mol. The van der Waals surface area contributed by atoms with Gasteiger partial charge >= 0.3 is 11.9 Å². The summed E-state index contributed by atoms with van der Waals surface area (Å²) in [4.78, 5) is 23.4. The van der Waals surface area contributed by atoms with Crippen LogP contribution in [0.5, 0.6) is 0 Å². The molecule has 4 atom stereocenters. The number of carbonyl (C=O) groups excluding carboxylic acids is 2. The Morgan fingerprint density at radius 1 is 1.12 bits per heavy atom. The van der Waals surface area contributed by atoms with E-state index in [1.807, 2.05) is 0 Å². The van der Waals surface area contributed by atoms with Crippen LogP contribution in [0.1, 0.15) is 12.8 Å². The number of esters is 2. The fourth-order valence-corrected chi connectivity index (χ4v) is 3.59. The van der Waals surface area contributed by atoms with Crippen molar-refractivity contribution in [1.82, 2.24) is 0 Å². The average molecular weight is 240 g/mol. The molecule has 2 bridgehead atoms. The minimum atomic E-state index is -0.797. The normalized spacial score (nSPS) is 48.8. The molecule has 0 amide bonds. The van der Waals surface area contributed by atoms with Gasteiger partial charge in [-0.25, -0.2) is 0 Å². The van der Waals surface area contributed by atoms with Crippen LogP contribution in [0, 0.1) is 11.8 Å². The summed E-state index contributed by atoms with van der Waals surface area (Å²) in [6.45, 7) is 1.00. The molecule has 0 saturated carbocycles. The molecule has 4 saturated heterocycles. The lowest BCUT2D eigenvalue weighted by Crippen LogP contribution is -2.49. The zero-order chi connectivity index (χ0) is 11.6. The Kier molecular flexibility index (Phi) is 1.80. The van der Waals surface area contributed by atoms with Crippen LogP contribution >= 0.6 is 0 Å². The molecule has 0 aliphatic carbocycles. The average Bonchev–Trinajstić information content (AvgIpc) is 3.02. The Balaban J connectivity index is 1.76. The highest BCUT2D eigenvalue weighted by Crippen LogP contribution is 2.57. The smallest absolute Gasteiger partial charge is 0.320 e. The maximum atomic E-state index is 11.8. The van der Waals surface area contributed by atoms with E-state index in [0.29, 0.717) is 19.6 Å². The van der Waals surface area contributed by atoms with Crippen LogP contribution < -0.4 is 0 Å². The van der Waals surface area contributed by atoms with E-state index in [1.165, 1.54) is 0 Å². The molecule has 4 heterocycles. The summed E-state index contributed by atoms with van der Waals surface area (Å²) in [5.74, 6) is -1.94. The second-order valence-electron chi connectivity index (χ2n) is 4.97. The predicted octanol–water partition coefficient (Wildman–Crippen LogP) is -0.394. The van der Waals surface area contributed by atoms with Crippen molar-refractivity contribution >= 4 is 11.9 Å². The number of carbonyl (C=O) groups is 2. The van der Waals surface area contributed by atoms with Gasteiger partial charge in [-0.2, -0.15) is 0 Å². The SMILES string of the molecule is O=C1OC(=O)C2C1C1CCC2(C2OCCO2)O1. The van der Waals surface area contributed by atoms with Gasteiger partial charge in [0.15, 0.2) is 6.29 Å². The van der Waals surface area contributed by atoms with E-state index >= 15 is 0 Å². The van der Waals surface area contributed by atoms with E-state index in [-0.39, 0.29) is 6.10 Å². The molecule has 0 radical (unpaired) electrons. The van der Waals surface area contributed by atoms with Crippen molar-refractivity contribution in [3.05, 3.63) is 0 Å². The van der Waals surface area contributed by atoms with Gasteiger partial charge in [0.1, 0.15) is 11.5 Å². The highest BCUT2D eigenvalue weighted by atomic mass is 16.7. The van der Waals surface area contributed by atoms with Gasteiger partial charge in [0.25, 0.3) is 0 Å². The van der Waals surface area contributed by atoms with Gasteiger partial charge < -0.3 is 18.9 Å².